The van der Waals surface area contributed by atoms with Gasteiger partial charge in [-0.3, -0.25) is 4.79 Å². The maximum absolute atomic E-state index is 12.4. The van der Waals surface area contributed by atoms with E-state index in [0.29, 0.717) is 11.3 Å². The SMILES string of the molecule is COc1cc(C=C(C#N)C(=O)Nc2ccccc2C)cc(OC)c1O. The van der Waals surface area contributed by atoms with E-state index in [9.17, 15) is 15.2 Å². The predicted molar refractivity (Wildman–Crippen MR) is 94.6 cm³/mol. The van der Waals surface area contributed by atoms with Gasteiger partial charge in [0.05, 0.1) is 14.2 Å². The molecule has 0 atom stereocenters. The Morgan fingerprint density at radius 2 is 1.80 bits per heavy atom. The Labute approximate surface area is 145 Å². The largest absolute Gasteiger partial charge is 0.502 e. The van der Waals surface area contributed by atoms with Crippen molar-refractivity contribution in [3.8, 4) is 23.3 Å². The van der Waals surface area contributed by atoms with Gasteiger partial charge in [-0.25, -0.2) is 0 Å². The van der Waals surface area contributed by atoms with Crippen LogP contribution < -0.4 is 14.8 Å². The van der Waals surface area contributed by atoms with Crippen LogP contribution in [0.25, 0.3) is 6.08 Å². The van der Waals surface area contributed by atoms with Crippen LogP contribution in [-0.4, -0.2) is 25.2 Å². The second-order valence-corrected chi connectivity index (χ2v) is 5.21. The van der Waals surface area contributed by atoms with Crippen LogP contribution in [0.3, 0.4) is 0 Å². The van der Waals surface area contributed by atoms with Gasteiger partial charge in [0.2, 0.25) is 5.75 Å². The number of nitriles is 1. The number of hydrogen-bond acceptors (Lipinski definition) is 5. The third-order valence-corrected chi connectivity index (χ3v) is 3.57. The van der Waals surface area contributed by atoms with Gasteiger partial charge in [0.15, 0.2) is 11.5 Å². The first-order chi connectivity index (χ1) is 12.0. The second-order valence-electron chi connectivity index (χ2n) is 5.21. The molecule has 0 fully saturated rings. The molecule has 6 heteroatoms. The predicted octanol–water partition coefficient (Wildman–Crippen LogP) is 3.26. The number of hydrogen-bond donors (Lipinski definition) is 2. The molecule has 0 aromatic heterocycles. The minimum atomic E-state index is -0.525. The maximum Gasteiger partial charge on any atom is 0.266 e. The summed E-state index contributed by atoms with van der Waals surface area (Å²) < 4.78 is 10.1. The van der Waals surface area contributed by atoms with Crippen molar-refractivity contribution in [3.63, 3.8) is 0 Å². The van der Waals surface area contributed by atoms with Gasteiger partial charge in [-0.15, -0.1) is 0 Å². The van der Waals surface area contributed by atoms with Crippen LogP contribution in [0.15, 0.2) is 42.0 Å². The second kappa shape index (κ2) is 7.88. The van der Waals surface area contributed by atoms with Crippen LogP contribution in [0.4, 0.5) is 5.69 Å². The van der Waals surface area contributed by atoms with Gasteiger partial charge in [-0.2, -0.15) is 5.26 Å². The van der Waals surface area contributed by atoms with Gasteiger partial charge in [0.25, 0.3) is 5.91 Å². The molecule has 0 saturated heterocycles. The number of phenolic OH excluding ortho intramolecular Hbond substituents is 1. The van der Waals surface area contributed by atoms with Crippen LogP contribution in [0.2, 0.25) is 0 Å². The highest BCUT2D eigenvalue weighted by molar-refractivity contribution is 6.10. The zero-order valence-corrected chi connectivity index (χ0v) is 14.2. The van der Waals surface area contributed by atoms with Crippen molar-refractivity contribution in [3.05, 3.63) is 53.1 Å². The van der Waals surface area contributed by atoms with E-state index < -0.39 is 5.91 Å². The Kier molecular flexibility index (Phi) is 5.64. The molecule has 0 unspecified atom stereocenters. The first-order valence-electron chi connectivity index (χ1n) is 7.44. The summed E-state index contributed by atoms with van der Waals surface area (Å²) in [7, 11) is 2.80. The van der Waals surface area contributed by atoms with Crippen molar-refractivity contribution >= 4 is 17.7 Å². The minimum Gasteiger partial charge on any atom is -0.502 e. The van der Waals surface area contributed by atoms with E-state index in [0.717, 1.165) is 5.56 Å². The molecule has 0 radical (unpaired) electrons. The fourth-order valence-electron chi connectivity index (χ4n) is 2.22. The number of nitrogens with zero attached hydrogens (tertiary/aromatic N) is 1. The first kappa shape index (κ1) is 17.9. The van der Waals surface area contributed by atoms with Gasteiger partial charge in [0.1, 0.15) is 11.6 Å². The van der Waals surface area contributed by atoms with E-state index in [4.69, 9.17) is 9.47 Å². The molecule has 0 heterocycles. The van der Waals surface area contributed by atoms with E-state index >= 15 is 0 Å². The number of carbonyl (C=O) groups excluding carboxylic acids is 1. The highest BCUT2D eigenvalue weighted by Crippen LogP contribution is 2.37. The summed E-state index contributed by atoms with van der Waals surface area (Å²) in [4.78, 5) is 12.4. The topological polar surface area (TPSA) is 91.6 Å². The Morgan fingerprint density at radius 3 is 2.32 bits per heavy atom. The third-order valence-electron chi connectivity index (χ3n) is 3.57. The number of phenols is 1. The van der Waals surface area contributed by atoms with Crippen LogP contribution in [-0.2, 0) is 4.79 Å². The lowest BCUT2D eigenvalue weighted by Crippen LogP contribution is -2.14. The molecule has 2 aromatic rings. The van der Waals surface area contributed by atoms with Crippen molar-refractivity contribution in [1.82, 2.24) is 0 Å². The molecule has 0 aliphatic heterocycles. The molecule has 6 nitrogen and oxygen atoms in total. The standard InChI is InChI=1S/C19H18N2O4/c1-12-6-4-5-7-15(12)21-19(23)14(11-20)8-13-9-16(24-2)18(22)17(10-13)25-3/h4-10,22H,1-3H3,(H,21,23). The number of anilines is 1. The van der Waals surface area contributed by atoms with Crippen molar-refractivity contribution in [1.29, 1.82) is 5.26 Å². The number of aryl methyl sites for hydroxylation is 1. The number of ether oxygens (including phenoxy) is 2. The third kappa shape index (κ3) is 4.09. The monoisotopic (exact) mass is 338 g/mol. The average Bonchev–Trinajstić information content (AvgIpc) is 2.62. The molecule has 2 aromatic carbocycles. The lowest BCUT2D eigenvalue weighted by atomic mass is 10.1. The Balaban J connectivity index is 2.36. The van der Waals surface area contributed by atoms with E-state index in [1.165, 1.54) is 32.4 Å². The molecule has 128 valence electrons. The number of nitrogens with one attached hydrogen (secondary N) is 1. The molecule has 0 saturated carbocycles. The lowest BCUT2D eigenvalue weighted by molar-refractivity contribution is -0.112. The Morgan fingerprint density at radius 1 is 1.20 bits per heavy atom. The van der Waals surface area contributed by atoms with Gasteiger partial charge in [-0.1, -0.05) is 18.2 Å². The molecule has 1 amide bonds. The summed E-state index contributed by atoms with van der Waals surface area (Å²) in [5.41, 5.74) is 1.93. The fraction of sp³-hybridized carbons (Fsp3) is 0.158. The molecular weight excluding hydrogens is 320 g/mol. The highest BCUT2D eigenvalue weighted by Gasteiger charge is 2.14. The van der Waals surface area contributed by atoms with Crippen LogP contribution in [0, 0.1) is 18.3 Å². The number of amides is 1. The van der Waals surface area contributed by atoms with Gasteiger partial charge >= 0.3 is 0 Å². The summed E-state index contributed by atoms with van der Waals surface area (Å²) in [5.74, 6) is -0.308. The van der Waals surface area contributed by atoms with Crippen LogP contribution in [0.1, 0.15) is 11.1 Å². The molecule has 0 spiro atoms. The average molecular weight is 338 g/mol. The first-order valence-corrected chi connectivity index (χ1v) is 7.44. The molecular formula is C19H18N2O4. The zero-order valence-electron chi connectivity index (χ0n) is 14.2. The van der Waals surface area contributed by atoms with Crippen LogP contribution in [0.5, 0.6) is 17.2 Å². The Bertz CT molecular complexity index is 841. The number of benzene rings is 2. The van der Waals surface area contributed by atoms with E-state index in [-0.39, 0.29) is 22.8 Å². The quantitative estimate of drug-likeness (QED) is 0.645. The minimum absolute atomic E-state index is 0.0851. The highest BCUT2D eigenvalue weighted by atomic mass is 16.5. The number of rotatable bonds is 5. The van der Waals surface area contributed by atoms with Gasteiger partial charge in [0, 0.05) is 5.69 Å². The smallest absolute Gasteiger partial charge is 0.266 e. The maximum atomic E-state index is 12.4. The summed E-state index contributed by atoms with van der Waals surface area (Å²) >= 11 is 0. The number of carbonyl (C=O) groups is 1. The Hall–Kier alpha value is -3.46. The van der Waals surface area contributed by atoms with Crippen molar-refractivity contribution in [2.24, 2.45) is 0 Å². The molecule has 0 aliphatic carbocycles. The summed E-state index contributed by atoms with van der Waals surface area (Å²) in [5, 5.41) is 22.0. The fourth-order valence-corrected chi connectivity index (χ4v) is 2.22. The number of aromatic hydroxyl groups is 1. The molecule has 0 aliphatic rings. The van der Waals surface area contributed by atoms with Gasteiger partial charge in [-0.05, 0) is 42.3 Å². The van der Waals surface area contributed by atoms with Crippen molar-refractivity contribution < 1.29 is 19.4 Å². The summed E-state index contributed by atoms with van der Waals surface area (Å²) in [6, 6.07) is 12.2. The van der Waals surface area contributed by atoms with E-state index in [1.807, 2.05) is 25.1 Å². The van der Waals surface area contributed by atoms with Crippen molar-refractivity contribution in [2.45, 2.75) is 6.92 Å². The number of methoxy groups -OCH3 is 2. The molecule has 2 N–H and O–H groups in total. The summed E-state index contributed by atoms with van der Waals surface area (Å²) in [6.07, 6.45) is 1.40. The normalized spacial score (nSPS) is 10.7. The van der Waals surface area contributed by atoms with E-state index in [1.54, 1.807) is 12.1 Å². The molecule has 25 heavy (non-hydrogen) atoms. The number of para-hydroxylation sites is 1. The lowest BCUT2D eigenvalue weighted by Gasteiger charge is -2.10. The van der Waals surface area contributed by atoms with Gasteiger partial charge < -0.3 is 19.9 Å². The summed E-state index contributed by atoms with van der Waals surface area (Å²) in [6.45, 7) is 1.86. The molecule has 0 bridgehead atoms. The molecule has 2 rings (SSSR count). The van der Waals surface area contributed by atoms with Crippen molar-refractivity contribution in [2.75, 3.05) is 19.5 Å². The zero-order chi connectivity index (χ0) is 18.4. The van der Waals surface area contributed by atoms with E-state index in [2.05, 4.69) is 5.32 Å². The van der Waals surface area contributed by atoms with Crippen LogP contribution >= 0.6 is 0 Å².